The molecule has 0 unspecified atom stereocenters. The zero-order chi connectivity index (χ0) is 16.4. The highest BCUT2D eigenvalue weighted by Crippen LogP contribution is 2.41. The van der Waals surface area contributed by atoms with Gasteiger partial charge in [0.1, 0.15) is 0 Å². The molecule has 1 aromatic carbocycles. The molecule has 0 spiro atoms. The number of benzene rings is 1. The van der Waals surface area contributed by atoms with Crippen LogP contribution >= 0.6 is 0 Å². The highest BCUT2D eigenvalue weighted by Gasteiger charge is 2.53. The van der Waals surface area contributed by atoms with E-state index in [1.54, 1.807) is 19.1 Å². The normalized spacial score (nSPS) is 17.4. The van der Waals surface area contributed by atoms with Crippen molar-refractivity contribution in [3.63, 3.8) is 0 Å². The molecule has 0 heterocycles. The first kappa shape index (κ1) is 17.0. The Kier molecular flexibility index (Phi) is 4.92. The Hall–Kier alpha value is -1.40. The van der Waals surface area contributed by atoms with Gasteiger partial charge in [-0.15, -0.1) is 0 Å². The minimum absolute atomic E-state index is 0.0723. The van der Waals surface area contributed by atoms with E-state index in [1.807, 2.05) is 13.0 Å². The Morgan fingerprint density at radius 2 is 1.91 bits per heavy atom. The lowest BCUT2D eigenvalue weighted by Gasteiger charge is -2.28. The zero-order valence-electron chi connectivity index (χ0n) is 13.1. The molecule has 1 aliphatic carbocycles. The maximum absolute atomic E-state index is 13.2. The van der Waals surface area contributed by atoms with Gasteiger partial charge in [-0.25, -0.2) is 8.42 Å². The van der Waals surface area contributed by atoms with Gasteiger partial charge in [-0.3, -0.25) is 4.79 Å². The van der Waals surface area contributed by atoms with E-state index in [2.05, 4.69) is 5.32 Å². The molecule has 1 amide bonds. The molecule has 0 bridgehead atoms. The van der Waals surface area contributed by atoms with Crippen molar-refractivity contribution in [1.29, 1.82) is 0 Å². The van der Waals surface area contributed by atoms with Crippen molar-refractivity contribution in [2.45, 2.75) is 49.2 Å². The molecule has 1 fully saturated rings. The number of hydrogen-bond acceptors (Lipinski definition) is 4. The molecule has 1 aromatic rings. The molecule has 1 saturated carbocycles. The lowest BCUT2D eigenvalue weighted by Crippen LogP contribution is -2.51. The van der Waals surface area contributed by atoms with Gasteiger partial charge in [0, 0.05) is 6.54 Å². The second-order valence-corrected chi connectivity index (χ2v) is 8.18. The number of aliphatic hydroxyl groups is 1. The van der Waals surface area contributed by atoms with Crippen molar-refractivity contribution >= 4 is 15.7 Å². The average molecular weight is 325 g/mol. The number of sulfone groups is 1. The van der Waals surface area contributed by atoms with Gasteiger partial charge in [0.25, 0.3) is 0 Å². The van der Waals surface area contributed by atoms with E-state index >= 15 is 0 Å². The molecule has 5 nitrogen and oxygen atoms in total. The summed E-state index contributed by atoms with van der Waals surface area (Å²) in [4.78, 5) is 12.8. The molecular weight excluding hydrogens is 302 g/mol. The Morgan fingerprint density at radius 3 is 2.50 bits per heavy atom. The summed E-state index contributed by atoms with van der Waals surface area (Å²) in [6, 6.07) is 5.28. The average Bonchev–Trinajstić information content (AvgIpc) is 2.98. The number of aryl methyl sites for hydroxylation is 2. The summed E-state index contributed by atoms with van der Waals surface area (Å²) in [6.07, 6.45) is 2.10. The number of carbonyl (C=O) groups excluding carboxylic acids is 1. The largest absolute Gasteiger partial charge is 0.395 e. The molecule has 0 aliphatic heterocycles. The van der Waals surface area contributed by atoms with Crippen molar-refractivity contribution < 1.29 is 18.3 Å². The molecule has 122 valence electrons. The lowest BCUT2D eigenvalue weighted by molar-refractivity contribution is -0.123. The van der Waals surface area contributed by atoms with Crippen molar-refractivity contribution in [3.05, 3.63) is 29.3 Å². The van der Waals surface area contributed by atoms with Crippen LogP contribution in [-0.4, -0.2) is 37.3 Å². The summed E-state index contributed by atoms with van der Waals surface area (Å²) in [5.41, 5.74) is 1.51. The molecule has 0 saturated heterocycles. The first-order valence-electron chi connectivity index (χ1n) is 7.56. The number of hydrogen-bond donors (Lipinski definition) is 2. The van der Waals surface area contributed by atoms with E-state index in [0.29, 0.717) is 18.4 Å². The second kappa shape index (κ2) is 6.38. The predicted molar refractivity (Wildman–Crippen MR) is 84.4 cm³/mol. The molecule has 0 radical (unpaired) electrons. The van der Waals surface area contributed by atoms with Crippen molar-refractivity contribution in [1.82, 2.24) is 5.32 Å². The number of nitrogens with one attached hydrogen (secondary N) is 1. The topological polar surface area (TPSA) is 83.5 Å². The number of amides is 1. The van der Waals surface area contributed by atoms with Gasteiger partial charge in [-0.1, -0.05) is 25.0 Å². The highest BCUT2D eigenvalue weighted by molar-refractivity contribution is 7.93. The Labute approximate surface area is 131 Å². The van der Waals surface area contributed by atoms with Gasteiger partial charge in [-0.05, 0) is 43.9 Å². The van der Waals surface area contributed by atoms with Gasteiger partial charge >= 0.3 is 0 Å². The second-order valence-electron chi connectivity index (χ2n) is 5.95. The summed E-state index contributed by atoms with van der Waals surface area (Å²) in [5.74, 6) is -0.486. The molecule has 2 N–H and O–H groups in total. The maximum atomic E-state index is 13.2. The summed E-state index contributed by atoms with van der Waals surface area (Å²) in [6.45, 7) is 3.46. The Morgan fingerprint density at radius 1 is 1.27 bits per heavy atom. The van der Waals surface area contributed by atoms with Crippen molar-refractivity contribution in [2.75, 3.05) is 13.2 Å². The van der Waals surface area contributed by atoms with E-state index in [1.165, 1.54) is 0 Å². The fourth-order valence-electron chi connectivity index (χ4n) is 3.10. The summed E-state index contributed by atoms with van der Waals surface area (Å²) in [5, 5.41) is 11.4. The third-order valence-corrected chi connectivity index (χ3v) is 7.01. The van der Waals surface area contributed by atoms with Crippen LogP contribution < -0.4 is 5.32 Å². The molecular formula is C16H23NO4S. The van der Waals surface area contributed by atoms with E-state index in [9.17, 15) is 13.2 Å². The maximum Gasteiger partial charge on any atom is 0.241 e. The molecule has 6 heteroatoms. The number of carbonyl (C=O) groups is 1. The first-order valence-corrected chi connectivity index (χ1v) is 9.04. The third-order valence-electron chi connectivity index (χ3n) is 4.37. The van der Waals surface area contributed by atoms with Gasteiger partial charge < -0.3 is 10.4 Å². The van der Waals surface area contributed by atoms with Crippen LogP contribution in [0, 0.1) is 13.8 Å². The van der Waals surface area contributed by atoms with E-state index < -0.39 is 20.5 Å². The molecule has 0 aromatic heterocycles. The first-order chi connectivity index (χ1) is 10.3. The van der Waals surface area contributed by atoms with Crippen LogP contribution in [0.2, 0.25) is 0 Å². The van der Waals surface area contributed by atoms with Gasteiger partial charge in [0.2, 0.25) is 5.91 Å². The number of rotatable bonds is 5. The predicted octanol–water partition coefficient (Wildman–Crippen LogP) is 1.50. The molecule has 22 heavy (non-hydrogen) atoms. The minimum Gasteiger partial charge on any atom is -0.395 e. The molecule has 2 rings (SSSR count). The van der Waals surface area contributed by atoms with E-state index in [4.69, 9.17) is 5.11 Å². The third kappa shape index (κ3) is 2.77. The molecule has 1 aliphatic rings. The van der Waals surface area contributed by atoms with Gasteiger partial charge in [0.15, 0.2) is 14.6 Å². The zero-order valence-corrected chi connectivity index (χ0v) is 13.9. The Balaban J connectivity index is 2.51. The Bertz CT molecular complexity index is 661. The van der Waals surface area contributed by atoms with Crippen LogP contribution in [0.15, 0.2) is 23.1 Å². The summed E-state index contributed by atoms with van der Waals surface area (Å²) < 4.78 is 25.0. The number of aliphatic hydroxyl groups excluding tert-OH is 1. The fraction of sp³-hybridized carbons (Fsp3) is 0.562. The van der Waals surface area contributed by atoms with Gasteiger partial charge in [0.05, 0.1) is 11.5 Å². The summed E-state index contributed by atoms with van der Waals surface area (Å²) in [7, 11) is -3.78. The van der Waals surface area contributed by atoms with Crippen LogP contribution in [0.25, 0.3) is 0 Å². The quantitative estimate of drug-likeness (QED) is 0.859. The van der Waals surface area contributed by atoms with Crippen LogP contribution in [0.1, 0.15) is 36.8 Å². The van der Waals surface area contributed by atoms with Crippen LogP contribution in [0.5, 0.6) is 0 Å². The molecule has 0 atom stereocenters. The van der Waals surface area contributed by atoms with Crippen LogP contribution in [0.3, 0.4) is 0 Å². The van der Waals surface area contributed by atoms with Crippen molar-refractivity contribution in [2.24, 2.45) is 0 Å². The lowest BCUT2D eigenvalue weighted by atomic mass is 10.1. The van der Waals surface area contributed by atoms with Crippen LogP contribution in [0.4, 0.5) is 0 Å². The highest BCUT2D eigenvalue weighted by atomic mass is 32.2. The van der Waals surface area contributed by atoms with Gasteiger partial charge in [-0.2, -0.15) is 0 Å². The van der Waals surface area contributed by atoms with Crippen molar-refractivity contribution in [3.8, 4) is 0 Å². The van der Waals surface area contributed by atoms with Crippen LogP contribution in [-0.2, 0) is 14.6 Å². The standard InChI is InChI=1S/C16H23NO4S/c1-12-5-6-13(2)14(11-12)22(20,21)16(7-3-4-8-16)15(19)17-9-10-18/h5-6,11,18H,3-4,7-10H2,1-2H3,(H,17,19). The SMILES string of the molecule is Cc1ccc(C)c(S(=O)(=O)C2(C(=O)NCCO)CCCC2)c1. The smallest absolute Gasteiger partial charge is 0.241 e. The van der Waals surface area contributed by atoms with E-state index in [0.717, 1.165) is 18.4 Å². The summed E-state index contributed by atoms with van der Waals surface area (Å²) >= 11 is 0. The minimum atomic E-state index is -3.78. The van der Waals surface area contributed by atoms with E-state index in [-0.39, 0.29) is 18.0 Å². The monoisotopic (exact) mass is 325 g/mol. The fourth-order valence-corrected chi connectivity index (χ4v) is 5.50.